The second-order valence-electron chi connectivity index (χ2n) is 4.59. The van der Waals surface area contributed by atoms with Crippen molar-refractivity contribution in [3.8, 4) is 11.4 Å². The lowest BCUT2D eigenvalue weighted by atomic mass is 10.0. The summed E-state index contributed by atoms with van der Waals surface area (Å²) >= 11 is 0. The van der Waals surface area contributed by atoms with Crippen molar-refractivity contribution in [3.05, 3.63) is 29.9 Å². The summed E-state index contributed by atoms with van der Waals surface area (Å²) in [4.78, 5) is 9.17. The van der Waals surface area contributed by atoms with E-state index in [1.54, 1.807) is 12.5 Å². The summed E-state index contributed by atoms with van der Waals surface area (Å²) in [5, 5.41) is 3.32. The molecule has 1 N–H and O–H groups in total. The molecule has 0 saturated heterocycles. The summed E-state index contributed by atoms with van der Waals surface area (Å²) in [6, 6.07) is 1.87. The molecule has 0 saturated carbocycles. The molecule has 0 aliphatic heterocycles. The van der Waals surface area contributed by atoms with Gasteiger partial charge in [0.05, 0.1) is 11.8 Å². The number of rotatable bonds is 4. The maximum atomic E-state index is 5.09. The highest BCUT2D eigenvalue weighted by Crippen LogP contribution is 2.28. The van der Waals surface area contributed by atoms with Gasteiger partial charge in [0.15, 0.2) is 5.82 Å². The van der Waals surface area contributed by atoms with Gasteiger partial charge in [0.25, 0.3) is 0 Å². The predicted molar refractivity (Wildman–Crippen MR) is 72.7 cm³/mol. The number of hydrogen-bond acceptors (Lipinski definition) is 4. The van der Waals surface area contributed by atoms with Gasteiger partial charge in [0.2, 0.25) is 0 Å². The zero-order valence-corrected chi connectivity index (χ0v) is 11.3. The van der Waals surface area contributed by atoms with Crippen LogP contribution in [-0.4, -0.2) is 16.5 Å². The van der Waals surface area contributed by atoms with Gasteiger partial charge in [-0.15, -0.1) is 0 Å². The van der Waals surface area contributed by atoms with Gasteiger partial charge < -0.3 is 9.73 Å². The molecule has 0 fully saturated rings. The molecule has 2 aromatic rings. The molecular weight excluding hydrogens is 226 g/mol. The Morgan fingerprint density at radius 3 is 2.67 bits per heavy atom. The Morgan fingerprint density at radius 1 is 1.33 bits per heavy atom. The van der Waals surface area contributed by atoms with E-state index in [4.69, 9.17) is 4.42 Å². The lowest BCUT2D eigenvalue weighted by Crippen LogP contribution is -2.09. The molecule has 2 heterocycles. The van der Waals surface area contributed by atoms with E-state index >= 15 is 0 Å². The lowest BCUT2D eigenvalue weighted by molar-refractivity contribution is 0.568. The molecule has 0 aliphatic rings. The third-order valence-corrected chi connectivity index (χ3v) is 2.84. The SMILES string of the molecule is CCNc1nc(-c2ccoc2)nc(C)c1C(C)C. The third-order valence-electron chi connectivity index (χ3n) is 2.84. The van der Waals surface area contributed by atoms with Crippen LogP contribution >= 0.6 is 0 Å². The van der Waals surface area contributed by atoms with Crippen molar-refractivity contribution in [2.45, 2.75) is 33.6 Å². The highest BCUT2D eigenvalue weighted by molar-refractivity contribution is 5.59. The quantitative estimate of drug-likeness (QED) is 0.894. The molecule has 0 radical (unpaired) electrons. The lowest BCUT2D eigenvalue weighted by Gasteiger charge is -2.16. The predicted octanol–water partition coefficient (Wildman–Crippen LogP) is 3.60. The van der Waals surface area contributed by atoms with Crippen molar-refractivity contribution in [3.63, 3.8) is 0 Å². The Bertz CT molecular complexity index is 518. The zero-order chi connectivity index (χ0) is 13.1. The van der Waals surface area contributed by atoms with Crippen LogP contribution in [0.25, 0.3) is 11.4 Å². The minimum Gasteiger partial charge on any atom is -0.472 e. The molecule has 0 aromatic carbocycles. The Balaban J connectivity index is 2.53. The Hall–Kier alpha value is -1.84. The minimum absolute atomic E-state index is 0.400. The van der Waals surface area contributed by atoms with Crippen molar-refractivity contribution < 1.29 is 4.42 Å². The molecule has 0 bridgehead atoms. The average molecular weight is 245 g/mol. The van der Waals surface area contributed by atoms with Gasteiger partial charge in [0.1, 0.15) is 12.1 Å². The maximum absolute atomic E-state index is 5.09. The highest BCUT2D eigenvalue weighted by Gasteiger charge is 2.15. The van der Waals surface area contributed by atoms with Gasteiger partial charge in [0, 0.05) is 17.8 Å². The van der Waals surface area contributed by atoms with Gasteiger partial charge in [-0.25, -0.2) is 9.97 Å². The van der Waals surface area contributed by atoms with Gasteiger partial charge in [-0.05, 0) is 25.8 Å². The molecular formula is C14H19N3O. The molecule has 0 spiro atoms. The number of nitrogens with one attached hydrogen (secondary N) is 1. The summed E-state index contributed by atoms with van der Waals surface area (Å²) in [7, 11) is 0. The smallest absolute Gasteiger partial charge is 0.165 e. The van der Waals surface area contributed by atoms with E-state index in [0.29, 0.717) is 11.7 Å². The second-order valence-corrected chi connectivity index (χ2v) is 4.59. The summed E-state index contributed by atoms with van der Waals surface area (Å²) in [6.45, 7) is 9.26. The normalized spacial score (nSPS) is 10.9. The van der Waals surface area contributed by atoms with Crippen molar-refractivity contribution in [1.29, 1.82) is 0 Å². The van der Waals surface area contributed by atoms with Gasteiger partial charge in [-0.2, -0.15) is 0 Å². The maximum Gasteiger partial charge on any atom is 0.165 e. The summed E-state index contributed by atoms with van der Waals surface area (Å²) in [5.41, 5.74) is 3.11. The molecule has 4 heteroatoms. The highest BCUT2D eigenvalue weighted by atomic mass is 16.3. The molecule has 2 aromatic heterocycles. The summed E-state index contributed by atoms with van der Waals surface area (Å²) < 4.78 is 5.09. The second kappa shape index (κ2) is 5.21. The average Bonchev–Trinajstić information content (AvgIpc) is 2.81. The molecule has 0 amide bonds. The first-order valence-electron chi connectivity index (χ1n) is 6.28. The number of nitrogens with zero attached hydrogens (tertiary/aromatic N) is 2. The van der Waals surface area contributed by atoms with Crippen LogP contribution in [0.3, 0.4) is 0 Å². The monoisotopic (exact) mass is 245 g/mol. The standard InChI is InChI=1S/C14H19N3O/c1-5-15-14-12(9(2)3)10(4)16-13(17-14)11-6-7-18-8-11/h6-9H,5H2,1-4H3,(H,15,16,17). The first kappa shape index (κ1) is 12.6. The first-order valence-corrected chi connectivity index (χ1v) is 6.28. The molecule has 0 unspecified atom stereocenters. The van der Waals surface area contributed by atoms with Crippen LogP contribution in [0.2, 0.25) is 0 Å². The van der Waals surface area contributed by atoms with E-state index in [2.05, 4.69) is 36.1 Å². The van der Waals surface area contributed by atoms with Crippen LogP contribution < -0.4 is 5.32 Å². The van der Waals surface area contributed by atoms with Gasteiger partial charge >= 0.3 is 0 Å². The van der Waals surface area contributed by atoms with E-state index in [9.17, 15) is 0 Å². The Kier molecular flexibility index (Phi) is 3.65. The van der Waals surface area contributed by atoms with Crippen molar-refractivity contribution >= 4 is 5.82 Å². The van der Waals surface area contributed by atoms with Crippen LogP contribution in [0.5, 0.6) is 0 Å². The van der Waals surface area contributed by atoms with E-state index in [0.717, 1.165) is 23.6 Å². The molecule has 2 rings (SSSR count). The largest absolute Gasteiger partial charge is 0.472 e. The molecule has 0 atom stereocenters. The molecule has 18 heavy (non-hydrogen) atoms. The molecule has 96 valence electrons. The Morgan fingerprint density at radius 2 is 2.11 bits per heavy atom. The van der Waals surface area contributed by atoms with Crippen LogP contribution in [0.4, 0.5) is 5.82 Å². The Labute approximate surface area is 107 Å². The summed E-state index contributed by atoms with van der Waals surface area (Å²) in [6.07, 6.45) is 3.30. The van der Waals surface area contributed by atoms with E-state index < -0.39 is 0 Å². The first-order chi connectivity index (χ1) is 8.63. The molecule has 4 nitrogen and oxygen atoms in total. The van der Waals surface area contributed by atoms with Crippen LogP contribution in [0.15, 0.2) is 23.0 Å². The third kappa shape index (κ3) is 2.37. The van der Waals surface area contributed by atoms with Crippen LogP contribution in [0, 0.1) is 6.92 Å². The number of hydrogen-bond donors (Lipinski definition) is 1. The number of aryl methyl sites for hydroxylation is 1. The van der Waals surface area contributed by atoms with Crippen LogP contribution in [-0.2, 0) is 0 Å². The number of aromatic nitrogens is 2. The van der Waals surface area contributed by atoms with Gasteiger partial charge in [-0.1, -0.05) is 13.8 Å². The van der Waals surface area contributed by atoms with Crippen LogP contribution in [0.1, 0.15) is 37.9 Å². The van der Waals surface area contributed by atoms with Crippen molar-refractivity contribution in [1.82, 2.24) is 9.97 Å². The minimum atomic E-state index is 0.400. The summed E-state index contributed by atoms with van der Waals surface area (Å²) in [5.74, 6) is 2.04. The van der Waals surface area contributed by atoms with E-state index in [1.807, 2.05) is 13.0 Å². The van der Waals surface area contributed by atoms with E-state index in [1.165, 1.54) is 5.56 Å². The topological polar surface area (TPSA) is 51.0 Å². The zero-order valence-electron chi connectivity index (χ0n) is 11.3. The van der Waals surface area contributed by atoms with Crippen molar-refractivity contribution in [2.75, 3.05) is 11.9 Å². The fraction of sp³-hybridized carbons (Fsp3) is 0.429. The van der Waals surface area contributed by atoms with Gasteiger partial charge in [-0.3, -0.25) is 0 Å². The van der Waals surface area contributed by atoms with E-state index in [-0.39, 0.29) is 0 Å². The number of furan rings is 1. The fourth-order valence-electron chi connectivity index (χ4n) is 2.10. The number of anilines is 1. The fourth-order valence-corrected chi connectivity index (χ4v) is 2.10. The molecule has 0 aliphatic carbocycles. The van der Waals surface area contributed by atoms with Crippen molar-refractivity contribution in [2.24, 2.45) is 0 Å².